The summed E-state index contributed by atoms with van der Waals surface area (Å²) in [6, 6.07) is 0.0972. The van der Waals surface area contributed by atoms with Crippen molar-refractivity contribution in [2.45, 2.75) is 39.2 Å². The van der Waals surface area contributed by atoms with Crippen LogP contribution in [0.3, 0.4) is 0 Å². The minimum Gasteiger partial charge on any atom is -0.353 e. The largest absolute Gasteiger partial charge is 0.353 e. The molecule has 0 aliphatic heterocycles. The number of Topliss-reactive ketones (excluding diaryl/α,β-unsaturated/α-hetero) is 1. The SMILES string of the molecule is CC(=O)CC(NC(C)=O)C1CC1. The Balaban J connectivity index is 2.37. The molecule has 3 nitrogen and oxygen atoms in total. The average Bonchev–Trinajstić information content (AvgIpc) is 2.63. The van der Waals surface area contributed by atoms with Gasteiger partial charge in [-0.05, 0) is 25.7 Å². The lowest BCUT2D eigenvalue weighted by Gasteiger charge is -2.14. The molecule has 1 aliphatic rings. The molecule has 12 heavy (non-hydrogen) atoms. The molecular weight excluding hydrogens is 154 g/mol. The molecule has 1 unspecified atom stereocenters. The number of ketones is 1. The molecule has 0 saturated heterocycles. The second-order valence-electron chi connectivity index (χ2n) is 3.55. The van der Waals surface area contributed by atoms with Crippen molar-refractivity contribution in [3.05, 3.63) is 0 Å². The second kappa shape index (κ2) is 3.70. The molecule has 0 radical (unpaired) electrons. The van der Waals surface area contributed by atoms with Crippen molar-refractivity contribution in [3.63, 3.8) is 0 Å². The number of hydrogen-bond acceptors (Lipinski definition) is 2. The van der Waals surface area contributed by atoms with Crippen LogP contribution >= 0.6 is 0 Å². The first kappa shape index (κ1) is 9.23. The summed E-state index contributed by atoms with van der Waals surface area (Å²) in [6.45, 7) is 3.06. The number of carbonyl (C=O) groups is 2. The predicted molar refractivity (Wildman–Crippen MR) is 45.6 cm³/mol. The van der Waals surface area contributed by atoms with Gasteiger partial charge in [-0.3, -0.25) is 9.59 Å². The molecule has 1 fully saturated rings. The molecule has 1 rings (SSSR count). The summed E-state index contributed by atoms with van der Waals surface area (Å²) in [5, 5.41) is 2.81. The fraction of sp³-hybridized carbons (Fsp3) is 0.778. The lowest BCUT2D eigenvalue weighted by Crippen LogP contribution is -2.36. The van der Waals surface area contributed by atoms with Crippen LogP contribution in [0.1, 0.15) is 33.1 Å². The fourth-order valence-electron chi connectivity index (χ4n) is 1.40. The molecule has 0 aromatic rings. The van der Waals surface area contributed by atoms with Crippen LogP contribution in [0.2, 0.25) is 0 Å². The summed E-state index contributed by atoms with van der Waals surface area (Å²) in [7, 11) is 0. The van der Waals surface area contributed by atoms with E-state index in [0.717, 1.165) is 12.8 Å². The molecule has 1 atom stereocenters. The summed E-state index contributed by atoms with van der Waals surface area (Å²) in [5.74, 6) is 0.673. The van der Waals surface area contributed by atoms with Crippen LogP contribution in [0, 0.1) is 5.92 Å². The Labute approximate surface area is 72.5 Å². The quantitative estimate of drug-likeness (QED) is 0.679. The van der Waals surface area contributed by atoms with Crippen LogP contribution < -0.4 is 5.32 Å². The van der Waals surface area contributed by atoms with Crippen LogP contribution in [0.15, 0.2) is 0 Å². The van der Waals surface area contributed by atoms with E-state index in [4.69, 9.17) is 0 Å². The van der Waals surface area contributed by atoms with Gasteiger partial charge in [0.2, 0.25) is 5.91 Å². The molecule has 1 aliphatic carbocycles. The lowest BCUT2D eigenvalue weighted by molar-refractivity contribution is -0.120. The minimum atomic E-state index is -0.0341. The number of carbonyl (C=O) groups excluding carboxylic acids is 2. The summed E-state index contributed by atoms with van der Waals surface area (Å²) in [4.78, 5) is 21.6. The monoisotopic (exact) mass is 169 g/mol. The average molecular weight is 169 g/mol. The lowest BCUT2D eigenvalue weighted by atomic mass is 10.1. The number of rotatable bonds is 4. The van der Waals surface area contributed by atoms with Gasteiger partial charge < -0.3 is 5.32 Å². The number of amides is 1. The zero-order chi connectivity index (χ0) is 9.14. The minimum absolute atomic E-state index is 0.0341. The topological polar surface area (TPSA) is 46.2 Å². The van der Waals surface area contributed by atoms with E-state index in [0.29, 0.717) is 12.3 Å². The Bertz CT molecular complexity index is 181. The Morgan fingerprint density at radius 2 is 2.00 bits per heavy atom. The highest BCUT2D eigenvalue weighted by molar-refractivity contribution is 5.78. The Morgan fingerprint density at radius 3 is 2.33 bits per heavy atom. The maximum absolute atomic E-state index is 10.8. The van der Waals surface area contributed by atoms with E-state index >= 15 is 0 Å². The van der Waals surface area contributed by atoms with Crippen molar-refractivity contribution in [1.29, 1.82) is 0 Å². The molecule has 0 bridgehead atoms. The molecular formula is C9H15NO2. The summed E-state index contributed by atoms with van der Waals surface area (Å²) in [5.41, 5.74) is 0. The van der Waals surface area contributed by atoms with Crippen molar-refractivity contribution in [2.24, 2.45) is 5.92 Å². The number of hydrogen-bond donors (Lipinski definition) is 1. The number of nitrogens with one attached hydrogen (secondary N) is 1. The van der Waals surface area contributed by atoms with E-state index in [-0.39, 0.29) is 17.7 Å². The maximum Gasteiger partial charge on any atom is 0.217 e. The Morgan fingerprint density at radius 1 is 1.42 bits per heavy atom. The highest BCUT2D eigenvalue weighted by atomic mass is 16.1. The van der Waals surface area contributed by atoms with Crippen LogP contribution in [-0.4, -0.2) is 17.7 Å². The van der Waals surface area contributed by atoms with Crippen LogP contribution in [0.5, 0.6) is 0 Å². The zero-order valence-corrected chi connectivity index (χ0v) is 7.59. The summed E-state index contributed by atoms with van der Waals surface area (Å²) >= 11 is 0. The van der Waals surface area contributed by atoms with Gasteiger partial charge in [-0.25, -0.2) is 0 Å². The molecule has 0 spiro atoms. The molecule has 68 valence electrons. The van der Waals surface area contributed by atoms with Crippen molar-refractivity contribution >= 4 is 11.7 Å². The molecule has 0 aromatic heterocycles. The molecule has 1 amide bonds. The van der Waals surface area contributed by atoms with Crippen LogP contribution in [0.25, 0.3) is 0 Å². The predicted octanol–water partition coefficient (Wildman–Crippen LogP) is 0.880. The van der Waals surface area contributed by atoms with Gasteiger partial charge in [0.1, 0.15) is 5.78 Å². The van der Waals surface area contributed by atoms with E-state index < -0.39 is 0 Å². The summed E-state index contributed by atoms with van der Waals surface area (Å²) < 4.78 is 0. The zero-order valence-electron chi connectivity index (χ0n) is 7.59. The highest BCUT2D eigenvalue weighted by Crippen LogP contribution is 2.34. The third-order valence-corrected chi connectivity index (χ3v) is 2.09. The van der Waals surface area contributed by atoms with E-state index in [9.17, 15) is 9.59 Å². The fourth-order valence-corrected chi connectivity index (χ4v) is 1.40. The van der Waals surface area contributed by atoms with Crippen LogP contribution in [-0.2, 0) is 9.59 Å². The van der Waals surface area contributed by atoms with Gasteiger partial charge in [-0.1, -0.05) is 0 Å². The first-order valence-corrected chi connectivity index (χ1v) is 4.36. The van der Waals surface area contributed by atoms with Gasteiger partial charge in [-0.15, -0.1) is 0 Å². The smallest absolute Gasteiger partial charge is 0.217 e. The van der Waals surface area contributed by atoms with Crippen molar-refractivity contribution < 1.29 is 9.59 Å². The summed E-state index contributed by atoms with van der Waals surface area (Å²) in [6.07, 6.45) is 2.79. The normalized spacial score (nSPS) is 18.5. The van der Waals surface area contributed by atoms with Gasteiger partial charge in [0.05, 0.1) is 0 Å². The molecule has 1 saturated carbocycles. The maximum atomic E-state index is 10.8. The first-order valence-electron chi connectivity index (χ1n) is 4.36. The Hall–Kier alpha value is -0.860. The van der Waals surface area contributed by atoms with E-state index in [1.807, 2.05) is 0 Å². The third-order valence-electron chi connectivity index (χ3n) is 2.09. The van der Waals surface area contributed by atoms with E-state index in [1.54, 1.807) is 6.92 Å². The van der Waals surface area contributed by atoms with Gasteiger partial charge in [0.15, 0.2) is 0 Å². The van der Waals surface area contributed by atoms with Gasteiger partial charge in [0.25, 0.3) is 0 Å². The van der Waals surface area contributed by atoms with Crippen molar-refractivity contribution in [2.75, 3.05) is 0 Å². The van der Waals surface area contributed by atoms with E-state index in [1.165, 1.54) is 6.92 Å². The molecule has 3 heteroatoms. The standard InChI is InChI=1S/C9H15NO2/c1-6(11)5-9(8-3-4-8)10-7(2)12/h8-9H,3-5H2,1-2H3,(H,10,12). The van der Waals surface area contributed by atoms with Crippen LogP contribution in [0.4, 0.5) is 0 Å². The van der Waals surface area contributed by atoms with E-state index in [2.05, 4.69) is 5.32 Å². The second-order valence-corrected chi connectivity index (χ2v) is 3.55. The molecule has 0 aromatic carbocycles. The Kier molecular flexibility index (Phi) is 2.84. The highest BCUT2D eigenvalue weighted by Gasteiger charge is 2.32. The molecule has 1 N–H and O–H groups in total. The first-order chi connectivity index (χ1) is 5.59. The van der Waals surface area contributed by atoms with Gasteiger partial charge >= 0.3 is 0 Å². The van der Waals surface area contributed by atoms with Gasteiger partial charge in [-0.2, -0.15) is 0 Å². The van der Waals surface area contributed by atoms with Crippen molar-refractivity contribution in [3.8, 4) is 0 Å². The molecule has 0 heterocycles. The van der Waals surface area contributed by atoms with Crippen molar-refractivity contribution in [1.82, 2.24) is 5.32 Å². The van der Waals surface area contributed by atoms with Gasteiger partial charge in [0, 0.05) is 19.4 Å². The third kappa shape index (κ3) is 3.03.